The van der Waals surface area contributed by atoms with E-state index in [-0.39, 0.29) is 52.4 Å². The number of ether oxygens (including phenoxy) is 2. The quantitative estimate of drug-likeness (QED) is 0.509. The first-order valence-corrected chi connectivity index (χ1v) is 11.3. The van der Waals surface area contributed by atoms with Gasteiger partial charge in [0.05, 0.1) is 6.10 Å². The number of carbonyl (C=O) groups is 3. The van der Waals surface area contributed by atoms with Crippen molar-refractivity contribution in [1.82, 2.24) is 0 Å². The van der Waals surface area contributed by atoms with E-state index in [1.807, 2.05) is 6.08 Å². The Labute approximate surface area is 178 Å². The van der Waals surface area contributed by atoms with Crippen molar-refractivity contribution in [3.63, 3.8) is 0 Å². The molecule has 0 amide bonds. The number of carbonyl (C=O) groups excluding carboxylic acids is 3. The Balaban J connectivity index is 1.64. The number of fused-ring (bicyclic) bond motifs is 3. The molecule has 0 aromatic rings. The van der Waals surface area contributed by atoms with Crippen LogP contribution in [0.15, 0.2) is 23.8 Å². The maximum absolute atomic E-state index is 13.1. The molecule has 1 heterocycles. The average Bonchev–Trinajstić information content (AvgIpc) is 3.32. The van der Waals surface area contributed by atoms with Gasteiger partial charge in [0.1, 0.15) is 5.60 Å². The molecule has 1 saturated heterocycles. The summed E-state index contributed by atoms with van der Waals surface area (Å²) in [5.74, 6) is 0.325. The van der Waals surface area contributed by atoms with E-state index in [4.69, 9.17) is 9.47 Å². The third-order valence-electron chi connectivity index (χ3n) is 9.63. The molecule has 0 N–H and O–H groups in total. The van der Waals surface area contributed by atoms with Crippen LogP contribution in [0.4, 0.5) is 0 Å². The number of epoxide rings is 1. The number of rotatable bonds is 2. The summed E-state index contributed by atoms with van der Waals surface area (Å²) < 4.78 is 12.5. The summed E-state index contributed by atoms with van der Waals surface area (Å²) in [7, 11) is 0. The maximum Gasteiger partial charge on any atom is 0.303 e. The molecule has 5 rings (SSSR count). The fraction of sp³-hybridized carbons (Fsp3) is 0.720. The third kappa shape index (κ3) is 2.01. The van der Waals surface area contributed by atoms with Gasteiger partial charge in [-0.25, -0.2) is 0 Å². The van der Waals surface area contributed by atoms with E-state index in [0.29, 0.717) is 6.42 Å². The van der Waals surface area contributed by atoms with Crippen molar-refractivity contribution in [3.8, 4) is 0 Å². The lowest BCUT2D eigenvalue weighted by Gasteiger charge is -2.57. The molecule has 0 radical (unpaired) electrons. The standard InChI is InChI=1S/C25H32O5/c1-13-9-20-19-10-14(2)24(15(3)26,29-16(4)27)23(19,6)12-21-25(20,30-21)22(5)8-7-17(28)11-18(13)22/h7-8,11,13-14,19-21H,9-10,12H2,1-6H3/t13-,14-,19-,20-,21-,22-,23-,24-,25?/m0/s1. The van der Waals surface area contributed by atoms with E-state index in [2.05, 4.69) is 33.8 Å². The number of esters is 1. The van der Waals surface area contributed by atoms with E-state index in [9.17, 15) is 14.4 Å². The Morgan fingerprint density at radius 3 is 2.47 bits per heavy atom. The minimum absolute atomic E-state index is 0.00193. The zero-order valence-electron chi connectivity index (χ0n) is 18.8. The summed E-state index contributed by atoms with van der Waals surface area (Å²) in [6, 6.07) is 0. The number of allylic oxidation sites excluding steroid dienone is 2. The molecule has 5 nitrogen and oxygen atoms in total. The minimum Gasteiger partial charge on any atom is -0.450 e. The second-order valence-electron chi connectivity index (χ2n) is 10.9. The molecule has 1 aliphatic heterocycles. The first-order valence-electron chi connectivity index (χ1n) is 11.3. The Hall–Kier alpha value is -1.75. The number of hydrogen-bond acceptors (Lipinski definition) is 5. The molecular formula is C25H32O5. The van der Waals surface area contributed by atoms with Crippen LogP contribution in [0, 0.1) is 34.5 Å². The van der Waals surface area contributed by atoms with Crippen LogP contribution in [-0.2, 0) is 23.9 Å². The largest absolute Gasteiger partial charge is 0.450 e. The van der Waals surface area contributed by atoms with Gasteiger partial charge in [-0.05, 0) is 63.0 Å². The zero-order chi connectivity index (χ0) is 21.9. The van der Waals surface area contributed by atoms with Crippen molar-refractivity contribution in [2.45, 2.75) is 78.1 Å². The van der Waals surface area contributed by atoms with Crippen molar-refractivity contribution < 1.29 is 23.9 Å². The molecule has 9 atom stereocenters. The topological polar surface area (TPSA) is 73.0 Å². The Morgan fingerprint density at radius 2 is 1.83 bits per heavy atom. The smallest absolute Gasteiger partial charge is 0.303 e. The molecule has 0 aromatic carbocycles. The first-order chi connectivity index (χ1) is 13.9. The van der Waals surface area contributed by atoms with Crippen molar-refractivity contribution in [3.05, 3.63) is 23.8 Å². The lowest BCUT2D eigenvalue weighted by Crippen LogP contribution is -2.63. The van der Waals surface area contributed by atoms with Crippen LogP contribution in [0.1, 0.15) is 60.8 Å². The highest BCUT2D eigenvalue weighted by molar-refractivity contribution is 6.01. The summed E-state index contributed by atoms with van der Waals surface area (Å²) in [6.07, 6.45) is 8.05. The van der Waals surface area contributed by atoms with Crippen LogP contribution < -0.4 is 0 Å². The van der Waals surface area contributed by atoms with Gasteiger partial charge in [-0.3, -0.25) is 14.4 Å². The lowest BCUT2D eigenvalue weighted by molar-refractivity contribution is -0.189. The summed E-state index contributed by atoms with van der Waals surface area (Å²) >= 11 is 0. The van der Waals surface area contributed by atoms with Gasteiger partial charge in [-0.1, -0.05) is 32.4 Å². The summed E-state index contributed by atoms with van der Waals surface area (Å²) in [6.45, 7) is 11.6. The van der Waals surface area contributed by atoms with Crippen molar-refractivity contribution in [1.29, 1.82) is 0 Å². The predicted molar refractivity (Wildman–Crippen MR) is 110 cm³/mol. The summed E-state index contributed by atoms with van der Waals surface area (Å²) in [4.78, 5) is 37.3. The van der Waals surface area contributed by atoms with E-state index >= 15 is 0 Å². The second-order valence-corrected chi connectivity index (χ2v) is 10.9. The van der Waals surface area contributed by atoms with Gasteiger partial charge in [-0.2, -0.15) is 0 Å². The summed E-state index contributed by atoms with van der Waals surface area (Å²) in [5, 5.41) is 0. The fourth-order valence-electron chi connectivity index (χ4n) is 8.62. The van der Waals surface area contributed by atoms with Gasteiger partial charge in [-0.15, -0.1) is 0 Å². The van der Waals surface area contributed by atoms with Gasteiger partial charge in [0, 0.05) is 23.7 Å². The number of ketones is 2. The molecule has 3 saturated carbocycles. The normalized spacial score (nSPS) is 53.1. The lowest BCUT2D eigenvalue weighted by atomic mass is 9.45. The molecule has 1 spiro atoms. The van der Waals surface area contributed by atoms with Gasteiger partial charge in [0.2, 0.25) is 0 Å². The SMILES string of the molecule is CC(=O)O[C@]1(C(C)=O)[C@@H](C)C[C@H]2[C@@H]3C[C@H](C)C4=CC(=O)C=C[C@]4(C)C34O[C@H]4C[C@@]21C. The highest BCUT2D eigenvalue weighted by Gasteiger charge is 2.83. The molecule has 0 aromatic heterocycles. The van der Waals surface area contributed by atoms with Crippen LogP contribution >= 0.6 is 0 Å². The minimum atomic E-state index is -1.10. The summed E-state index contributed by atoms with van der Waals surface area (Å²) in [5.41, 5.74) is -0.997. The monoisotopic (exact) mass is 412 g/mol. The molecular weight excluding hydrogens is 380 g/mol. The molecule has 30 heavy (non-hydrogen) atoms. The maximum atomic E-state index is 13.1. The number of Topliss-reactive ketones (excluding diaryl/α,β-unsaturated/α-hetero) is 1. The van der Waals surface area contributed by atoms with E-state index in [1.165, 1.54) is 12.5 Å². The second kappa shape index (κ2) is 5.73. The number of hydrogen-bond donors (Lipinski definition) is 0. The molecule has 162 valence electrons. The molecule has 4 fully saturated rings. The Kier molecular flexibility index (Phi) is 3.85. The highest BCUT2D eigenvalue weighted by Crippen LogP contribution is 2.77. The predicted octanol–water partition coefficient (Wildman–Crippen LogP) is 3.81. The van der Waals surface area contributed by atoms with Crippen LogP contribution in [0.25, 0.3) is 0 Å². The van der Waals surface area contributed by atoms with Crippen LogP contribution in [0.5, 0.6) is 0 Å². The Morgan fingerprint density at radius 1 is 1.13 bits per heavy atom. The Bertz CT molecular complexity index is 932. The van der Waals surface area contributed by atoms with E-state index in [1.54, 1.807) is 13.0 Å². The van der Waals surface area contributed by atoms with Gasteiger partial charge in [0.25, 0.3) is 0 Å². The molecule has 4 aliphatic carbocycles. The molecule has 1 unspecified atom stereocenters. The van der Waals surface area contributed by atoms with E-state index < -0.39 is 17.0 Å². The first kappa shape index (κ1) is 20.2. The molecule has 0 bridgehead atoms. The van der Waals surface area contributed by atoms with Crippen molar-refractivity contribution >= 4 is 17.5 Å². The highest BCUT2D eigenvalue weighted by atomic mass is 16.6. The average molecular weight is 413 g/mol. The van der Waals surface area contributed by atoms with Crippen molar-refractivity contribution in [2.24, 2.45) is 34.5 Å². The van der Waals surface area contributed by atoms with Crippen LogP contribution in [0.2, 0.25) is 0 Å². The van der Waals surface area contributed by atoms with Gasteiger partial charge in [0.15, 0.2) is 17.2 Å². The van der Waals surface area contributed by atoms with Gasteiger partial charge < -0.3 is 9.47 Å². The van der Waals surface area contributed by atoms with Gasteiger partial charge >= 0.3 is 5.97 Å². The third-order valence-corrected chi connectivity index (χ3v) is 9.63. The van der Waals surface area contributed by atoms with E-state index in [0.717, 1.165) is 12.8 Å². The van der Waals surface area contributed by atoms with Crippen LogP contribution in [0.3, 0.4) is 0 Å². The zero-order valence-corrected chi connectivity index (χ0v) is 18.8. The molecule has 5 aliphatic rings. The molecule has 5 heteroatoms. The van der Waals surface area contributed by atoms with Crippen LogP contribution in [-0.4, -0.2) is 34.8 Å². The fourth-order valence-corrected chi connectivity index (χ4v) is 8.62. The van der Waals surface area contributed by atoms with Crippen molar-refractivity contribution in [2.75, 3.05) is 0 Å².